The first-order valence-electron chi connectivity index (χ1n) is 8.30. The van der Waals surface area contributed by atoms with Gasteiger partial charge in [-0.05, 0) is 17.2 Å². The molecule has 0 bridgehead atoms. The molecule has 1 heterocycles. The van der Waals surface area contributed by atoms with Gasteiger partial charge in [0.2, 0.25) is 5.91 Å². The molecular formula is C19H17F3N2O3. The lowest BCUT2D eigenvalue weighted by atomic mass is 9.84. The Labute approximate surface area is 153 Å². The smallest absolute Gasteiger partial charge is 0.404 e. The van der Waals surface area contributed by atoms with E-state index in [1.165, 1.54) is 4.90 Å². The zero-order chi connectivity index (χ0) is 19.6. The van der Waals surface area contributed by atoms with Crippen molar-refractivity contribution in [1.29, 1.82) is 0 Å². The summed E-state index contributed by atoms with van der Waals surface area (Å²) < 4.78 is 41.0. The van der Waals surface area contributed by atoms with Gasteiger partial charge < -0.3 is 15.3 Å². The third kappa shape index (κ3) is 4.21. The molecule has 1 aliphatic rings. The second kappa shape index (κ2) is 7.69. The van der Waals surface area contributed by atoms with Crippen molar-refractivity contribution in [2.24, 2.45) is 0 Å². The monoisotopic (exact) mass is 378 g/mol. The minimum atomic E-state index is -1.35. The molecule has 0 aliphatic carbocycles. The summed E-state index contributed by atoms with van der Waals surface area (Å²) >= 11 is 0. The number of benzene rings is 2. The van der Waals surface area contributed by atoms with E-state index < -0.39 is 35.5 Å². The minimum Gasteiger partial charge on any atom is -0.465 e. The Hall–Kier alpha value is -3.03. The number of hydrogen-bond acceptors (Lipinski definition) is 2. The molecule has 27 heavy (non-hydrogen) atoms. The van der Waals surface area contributed by atoms with Crippen LogP contribution in [-0.4, -0.2) is 34.6 Å². The number of nitrogens with zero attached hydrogens (tertiary/aromatic N) is 1. The Morgan fingerprint density at radius 3 is 2.44 bits per heavy atom. The van der Waals surface area contributed by atoms with Gasteiger partial charge in [0.25, 0.3) is 0 Å². The van der Waals surface area contributed by atoms with E-state index in [1.807, 2.05) is 30.3 Å². The molecule has 0 saturated carbocycles. The van der Waals surface area contributed by atoms with Crippen molar-refractivity contribution in [3.63, 3.8) is 0 Å². The summed E-state index contributed by atoms with van der Waals surface area (Å²) in [4.78, 5) is 25.2. The Morgan fingerprint density at radius 2 is 1.78 bits per heavy atom. The van der Waals surface area contributed by atoms with Crippen LogP contribution in [0, 0.1) is 17.5 Å². The van der Waals surface area contributed by atoms with Crippen molar-refractivity contribution in [2.45, 2.75) is 24.9 Å². The number of carbonyl (C=O) groups excluding carboxylic acids is 1. The summed E-state index contributed by atoms with van der Waals surface area (Å²) in [5.74, 6) is -4.86. The van der Waals surface area contributed by atoms with Gasteiger partial charge >= 0.3 is 6.09 Å². The van der Waals surface area contributed by atoms with E-state index in [0.717, 1.165) is 5.56 Å². The fourth-order valence-corrected chi connectivity index (χ4v) is 3.34. The van der Waals surface area contributed by atoms with Gasteiger partial charge in [-0.1, -0.05) is 30.3 Å². The predicted molar refractivity (Wildman–Crippen MR) is 90.5 cm³/mol. The molecule has 3 rings (SSSR count). The van der Waals surface area contributed by atoms with Crippen molar-refractivity contribution in [3.8, 4) is 0 Å². The number of nitrogens with one attached hydrogen (secondary N) is 1. The number of likely N-dealkylation sites (tertiary alicyclic amines) is 1. The fourth-order valence-electron chi connectivity index (χ4n) is 3.34. The van der Waals surface area contributed by atoms with Gasteiger partial charge in [-0.25, -0.2) is 18.0 Å². The lowest BCUT2D eigenvalue weighted by Gasteiger charge is -2.38. The molecule has 2 aromatic carbocycles. The summed E-state index contributed by atoms with van der Waals surface area (Å²) in [6, 6.07) is 9.35. The van der Waals surface area contributed by atoms with E-state index in [-0.39, 0.29) is 31.0 Å². The quantitative estimate of drug-likeness (QED) is 0.803. The highest BCUT2D eigenvalue weighted by Crippen LogP contribution is 2.32. The van der Waals surface area contributed by atoms with Crippen LogP contribution in [0.1, 0.15) is 23.5 Å². The van der Waals surface area contributed by atoms with Gasteiger partial charge in [-0.15, -0.1) is 0 Å². The van der Waals surface area contributed by atoms with E-state index in [9.17, 15) is 22.8 Å². The molecule has 8 heteroatoms. The maximum absolute atomic E-state index is 14.2. The highest BCUT2D eigenvalue weighted by Gasteiger charge is 2.37. The van der Waals surface area contributed by atoms with Crippen molar-refractivity contribution >= 4 is 12.0 Å². The van der Waals surface area contributed by atoms with Crippen LogP contribution in [0.5, 0.6) is 0 Å². The summed E-state index contributed by atoms with van der Waals surface area (Å²) in [5, 5.41) is 11.4. The number of piperidine rings is 1. The molecule has 142 valence electrons. The van der Waals surface area contributed by atoms with Crippen LogP contribution in [0.2, 0.25) is 0 Å². The molecule has 1 fully saturated rings. The van der Waals surface area contributed by atoms with Crippen molar-refractivity contribution in [2.75, 3.05) is 6.54 Å². The average molecular weight is 378 g/mol. The van der Waals surface area contributed by atoms with Crippen molar-refractivity contribution in [1.82, 2.24) is 10.2 Å². The van der Waals surface area contributed by atoms with E-state index in [1.54, 1.807) is 0 Å². The molecule has 1 aliphatic heterocycles. The molecule has 0 spiro atoms. The molecule has 2 amide bonds. The number of amides is 2. The van der Waals surface area contributed by atoms with E-state index in [4.69, 9.17) is 5.11 Å². The third-order valence-corrected chi connectivity index (χ3v) is 4.61. The molecule has 2 atom stereocenters. The third-order valence-electron chi connectivity index (χ3n) is 4.61. The maximum Gasteiger partial charge on any atom is 0.404 e. The molecule has 2 unspecified atom stereocenters. The second-order valence-corrected chi connectivity index (χ2v) is 6.41. The zero-order valence-corrected chi connectivity index (χ0v) is 14.2. The number of carbonyl (C=O) groups is 2. The summed E-state index contributed by atoms with van der Waals surface area (Å²) in [6.07, 6.45) is -1.57. The molecule has 0 radical (unpaired) electrons. The number of carboxylic acid groups (broad SMARTS) is 1. The minimum absolute atomic E-state index is 0.0108. The summed E-state index contributed by atoms with van der Waals surface area (Å²) in [6.45, 7) is 0.258. The van der Waals surface area contributed by atoms with E-state index in [2.05, 4.69) is 5.32 Å². The van der Waals surface area contributed by atoms with Crippen LogP contribution in [0.25, 0.3) is 0 Å². The second-order valence-electron chi connectivity index (χ2n) is 6.41. The van der Waals surface area contributed by atoms with E-state index in [0.29, 0.717) is 12.1 Å². The van der Waals surface area contributed by atoms with Gasteiger partial charge in [-0.3, -0.25) is 4.79 Å². The molecule has 5 nitrogen and oxygen atoms in total. The first-order chi connectivity index (χ1) is 12.8. The Bertz CT molecular complexity index is 861. The highest BCUT2D eigenvalue weighted by molar-refractivity contribution is 5.79. The Kier molecular flexibility index (Phi) is 5.34. The SMILES string of the molecule is O=C(O)NC1CN(Cc2ccccc2)C(=O)CC1c1cc(F)c(F)cc1F. The van der Waals surface area contributed by atoms with Crippen molar-refractivity contribution in [3.05, 3.63) is 71.0 Å². The average Bonchev–Trinajstić information content (AvgIpc) is 2.61. The van der Waals surface area contributed by atoms with E-state index >= 15 is 0 Å². The first-order valence-corrected chi connectivity index (χ1v) is 8.30. The fraction of sp³-hybridized carbons (Fsp3) is 0.263. The Morgan fingerprint density at radius 1 is 1.11 bits per heavy atom. The Balaban J connectivity index is 1.88. The number of halogens is 3. The molecule has 2 aromatic rings. The maximum atomic E-state index is 14.2. The van der Waals surface area contributed by atoms with Gasteiger partial charge in [0.05, 0.1) is 6.04 Å². The summed E-state index contributed by atoms with van der Waals surface area (Å²) in [5.41, 5.74) is 0.637. The molecule has 1 saturated heterocycles. The van der Waals surface area contributed by atoms with Crippen LogP contribution in [0.4, 0.5) is 18.0 Å². The standard InChI is InChI=1S/C19H17F3N2O3/c20-14-8-16(22)15(21)6-12(14)13-7-18(25)24(10-17(13)23-19(26)27)9-11-4-2-1-3-5-11/h1-6,8,13,17,23H,7,9-10H2,(H,26,27). The first kappa shape index (κ1) is 18.8. The number of hydrogen-bond donors (Lipinski definition) is 2. The summed E-state index contributed by atoms with van der Waals surface area (Å²) in [7, 11) is 0. The highest BCUT2D eigenvalue weighted by atomic mass is 19.2. The molecule has 2 N–H and O–H groups in total. The van der Waals surface area contributed by atoms with Crippen LogP contribution >= 0.6 is 0 Å². The number of rotatable bonds is 4. The van der Waals surface area contributed by atoms with Crippen LogP contribution in [-0.2, 0) is 11.3 Å². The van der Waals surface area contributed by atoms with Crippen molar-refractivity contribution < 1.29 is 27.9 Å². The van der Waals surface area contributed by atoms with Crippen LogP contribution in [0.3, 0.4) is 0 Å². The van der Waals surface area contributed by atoms with Gasteiger partial charge in [0.1, 0.15) is 5.82 Å². The largest absolute Gasteiger partial charge is 0.465 e. The van der Waals surface area contributed by atoms with Gasteiger partial charge in [0, 0.05) is 31.5 Å². The molecule has 0 aromatic heterocycles. The predicted octanol–water partition coefficient (Wildman–Crippen LogP) is 3.26. The van der Waals surface area contributed by atoms with Gasteiger partial charge in [-0.2, -0.15) is 0 Å². The van der Waals surface area contributed by atoms with Gasteiger partial charge in [0.15, 0.2) is 11.6 Å². The molecular weight excluding hydrogens is 361 g/mol. The topological polar surface area (TPSA) is 69.6 Å². The van der Waals surface area contributed by atoms with Crippen LogP contribution in [0.15, 0.2) is 42.5 Å². The van der Waals surface area contributed by atoms with Crippen LogP contribution < -0.4 is 5.32 Å². The zero-order valence-electron chi connectivity index (χ0n) is 14.2. The normalized spacial score (nSPS) is 19.8. The lowest BCUT2D eigenvalue weighted by Crippen LogP contribution is -2.53. The lowest BCUT2D eigenvalue weighted by molar-refractivity contribution is -0.135.